The van der Waals surface area contributed by atoms with Gasteiger partial charge in [-0.15, -0.1) is 0 Å². The fourth-order valence-corrected chi connectivity index (χ4v) is 4.91. The fourth-order valence-electron chi connectivity index (χ4n) is 3.66. The van der Waals surface area contributed by atoms with Gasteiger partial charge < -0.3 is 0 Å². The lowest BCUT2D eigenvalue weighted by Crippen LogP contribution is -1.92. The molecule has 0 N–H and O–H groups in total. The van der Waals surface area contributed by atoms with Crippen molar-refractivity contribution >= 4 is 23.1 Å². The first-order chi connectivity index (χ1) is 15.8. The molecule has 33 heavy (non-hydrogen) atoms. The smallest absolute Gasteiger partial charge is 0.258 e. The fraction of sp³-hybridized carbons (Fsp3) is 0.0769. The predicted molar refractivity (Wildman–Crippen MR) is 131 cm³/mol. The quantitative estimate of drug-likeness (QED) is 0.220. The van der Waals surface area contributed by atoms with Crippen LogP contribution in [-0.4, -0.2) is 9.85 Å². The minimum atomic E-state index is -0.403. The number of nitro benzene ring substituents is 2. The van der Waals surface area contributed by atoms with E-state index in [1.807, 2.05) is 50.2 Å². The van der Waals surface area contributed by atoms with E-state index in [1.165, 1.54) is 24.3 Å². The molecule has 0 saturated carbocycles. The van der Waals surface area contributed by atoms with E-state index in [2.05, 4.69) is 0 Å². The molecule has 0 fully saturated rings. The number of hydrogen-bond acceptors (Lipinski definition) is 5. The van der Waals surface area contributed by atoms with Crippen molar-refractivity contribution in [1.29, 1.82) is 0 Å². The first-order valence-corrected chi connectivity index (χ1v) is 11.0. The summed E-state index contributed by atoms with van der Waals surface area (Å²) in [6.45, 7) is 4.09. The number of hydrogen-bond donors (Lipinski definition) is 0. The second kappa shape index (κ2) is 9.26. The van der Waals surface area contributed by atoms with Crippen LogP contribution in [0.5, 0.6) is 0 Å². The molecule has 0 bridgehead atoms. The number of benzene rings is 4. The highest BCUT2D eigenvalue weighted by atomic mass is 32.2. The van der Waals surface area contributed by atoms with E-state index in [-0.39, 0.29) is 11.4 Å². The van der Waals surface area contributed by atoms with Crippen LogP contribution in [0.3, 0.4) is 0 Å². The van der Waals surface area contributed by atoms with E-state index in [0.717, 1.165) is 43.2 Å². The summed E-state index contributed by atoms with van der Waals surface area (Å²) in [6.07, 6.45) is 0. The monoisotopic (exact) mass is 456 g/mol. The van der Waals surface area contributed by atoms with E-state index in [0.29, 0.717) is 0 Å². The zero-order valence-corrected chi connectivity index (χ0v) is 18.8. The minimum Gasteiger partial charge on any atom is -0.258 e. The van der Waals surface area contributed by atoms with Crippen LogP contribution in [0.25, 0.3) is 22.3 Å². The molecule has 0 amide bonds. The largest absolute Gasteiger partial charge is 0.269 e. The average Bonchev–Trinajstić information content (AvgIpc) is 2.81. The molecule has 7 heteroatoms. The van der Waals surface area contributed by atoms with E-state index in [1.54, 1.807) is 36.0 Å². The third-order valence-corrected chi connectivity index (χ3v) is 6.90. The Morgan fingerprint density at radius 1 is 0.576 bits per heavy atom. The molecule has 4 aromatic carbocycles. The highest BCUT2D eigenvalue weighted by molar-refractivity contribution is 7.99. The van der Waals surface area contributed by atoms with Crippen molar-refractivity contribution in [2.45, 2.75) is 23.6 Å². The minimum absolute atomic E-state index is 0.0555. The van der Waals surface area contributed by atoms with E-state index >= 15 is 0 Å². The molecule has 0 aliphatic carbocycles. The molecule has 0 atom stereocenters. The van der Waals surface area contributed by atoms with Crippen molar-refractivity contribution in [1.82, 2.24) is 0 Å². The summed E-state index contributed by atoms with van der Waals surface area (Å²) in [4.78, 5) is 23.4. The Morgan fingerprint density at radius 2 is 0.939 bits per heavy atom. The van der Waals surface area contributed by atoms with Crippen molar-refractivity contribution in [2.24, 2.45) is 0 Å². The maximum Gasteiger partial charge on any atom is 0.269 e. The second-order valence-corrected chi connectivity index (χ2v) is 8.63. The summed E-state index contributed by atoms with van der Waals surface area (Å²) in [5.74, 6) is 0. The zero-order chi connectivity index (χ0) is 23.5. The van der Waals surface area contributed by atoms with Crippen LogP contribution in [0.4, 0.5) is 11.4 Å². The molecule has 4 aromatic rings. The molecule has 0 saturated heterocycles. The molecular formula is C26H20N2O4S. The third-order valence-electron chi connectivity index (χ3n) is 5.41. The Kier molecular flexibility index (Phi) is 6.24. The Bertz CT molecular complexity index is 1250. The van der Waals surface area contributed by atoms with Gasteiger partial charge in [-0.25, -0.2) is 0 Å². The summed E-state index contributed by atoms with van der Waals surface area (Å²) in [7, 11) is 0. The van der Waals surface area contributed by atoms with Gasteiger partial charge in [-0.3, -0.25) is 20.2 Å². The first-order valence-electron chi connectivity index (χ1n) is 10.2. The average molecular weight is 457 g/mol. The van der Waals surface area contributed by atoms with E-state index in [4.69, 9.17) is 0 Å². The summed E-state index contributed by atoms with van der Waals surface area (Å²) in [5, 5.41) is 22.1. The Hall–Kier alpha value is -3.97. The lowest BCUT2D eigenvalue weighted by Gasteiger charge is -2.17. The Balaban J connectivity index is 1.79. The van der Waals surface area contributed by atoms with Gasteiger partial charge in [0.05, 0.1) is 9.85 Å². The van der Waals surface area contributed by atoms with Gasteiger partial charge in [0.15, 0.2) is 0 Å². The van der Waals surface area contributed by atoms with Crippen LogP contribution >= 0.6 is 11.8 Å². The van der Waals surface area contributed by atoms with Crippen molar-refractivity contribution < 1.29 is 9.85 Å². The van der Waals surface area contributed by atoms with Gasteiger partial charge in [-0.2, -0.15) is 0 Å². The molecule has 0 heterocycles. The predicted octanol–water partition coefficient (Wildman–Crippen LogP) is 7.61. The van der Waals surface area contributed by atoms with Crippen molar-refractivity contribution in [3.63, 3.8) is 0 Å². The summed E-state index contributed by atoms with van der Waals surface area (Å²) < 4.78 is 0. The van der Waals surface area contributed by atoms with Gasteiger partial charge in [-0.1, -0.05) is 48.2 Å². The Labute approximate surface area is 195 Å². The highest BCUT2D eigenvalue weighted by Gasteiger charge is 2.16. The first kappa shape index (κ1) is 22.2. The van der Waals surface area contributed by atoms with Gasteiger partial charge >= 0.3 is 0 Å². The van der Waals surface area contributed by atoms with Crippen LogP contribution in [0.15, 0.2) is 94.7 Å². The molecule has 4 rings (SSSR count). The van der Waals surface area contributed by atoms with Gasteiger partial charge in [0, 0.05) is 34.1 Å². The molecule has 6 nitrogen and oxygen atoms in total. The van der Waals surface area contributed by atoms with Crippen LogP contribution in [-0.2, 0) is 0 Å². The SMILES string of the molecule is Cc1cccc(-c2ccc([N+](=O)[O-])cc2)c1Sc1c(C)cccc1-c1ccc([N+](=O)[O-])cc1. The number of nitrogens with zero attached hydrogens (tertiary/aromatic N) is 2. The van der Waals surface area contributed by atoms with Gasteiger partial charge in [-0.05, 0) is 71.5 Å². The van der Waals surface area contributed by atoms with Crippen LogP contribution in [0.1, 0.15) is 11.1 Å². The molecular weight excluding hydrogens is 436 g/mol. The molecule has 0 unspecified atom stereocenters. The lowest BCUT2D eigenvalue weighted by atomic mass is 10.0. The van der Waals surface area contributed by atoms with Crippen LogP contribution in [0.2, 0.25) is 0 Å². The summed E-state index contributed by atoms with van der Waals surface area (Å²) in [6, 6.07) is 25.2. The lowest BCUT2D eigenvalue weighted by molar-refractivity contribution is -0.385. The molecule has 164 valence electrons. The topological polar surface area (TPSA) is 86.3 Å². The number of aryl methyl sites for hydroxylation is 2. The van der Waals surface area contributed by atoms with Gasteiger partial charge in [0.1, 0.15) is 0 Å². The zero-order valence-electron chi connectivity index (χ0n) is 18.0. The second-order valence-electron chi connectivity index (χ2n) is 7.61. The van der Waals surface area contributed by atoms with E-state index < -0.39 is 9.85 Å². The van der Waals surface area contributed by atoms with Crippen molar-refractivity contribution in [2.75, 3.05) is 0 Å². The molecule has 0 aromatic heterocycles. The third kappa shape index (κ3) is 4.63. The number of non-ortho nitro benzene ring substituents is 2. The Morgan fingerprint density at radius 3 is 1.27 bits per heavy atom. The van der Waals surface area contributed by atoms with Gasteiger partial charge in [0.2, 0.25) is 0 Å². The van der Waals surface area contributed by atoms with Crippen molar-refractivity contribution in [3.8, 4) is 22.3 Å². The standard InChI is InChI=1S/C26H20N2O4S/c1-17-5-3-7-23(19-9-13-21(14-10-19)27(29)30)25(17)33-26-18(2)6-4-8-24(26)20-11-15-22(16-12-20)28(31)32/h3-16H,1-2H3. The number of nitro groups is 2. The number of rotatable bonds is 6. The highest BCUT2D eigenvalue weighted by Crippen LogP contribution is 2.44. The van der Waals surface area contributed by atoms with E-state index in [9.17, 15) is 20.2 Å². The molecule has 0 aliphatic rings. The maximum atomic E-state index is 11.0. The summed E-state index contributed by atoms with van der Waals surface area (Å²) >= 11 is 1.64. The van der Waals surface area contributed by atoms with Crippen LogP contribution in [0, 0.1) is 34.1 Å². The van der Waals surface area contributed by atoms with Gasteiger partial charge in [0.25, 0.3) is 11.4 Å². The molecule has 0 radical (unpaired) electrons. The molecule has 0 aliphatic heterocycles. The summed E-state index contributed by atoms with van der Waals surface area (Å²) in [5.41, 5.74) is 6.08. The maximum absolute atomic E-state index is 11.0. The molecule has 0 spiro atoms. The normalized spacial score (nSPS) is 10.7. The van der Waals surface area contributed by atoms with Crippen molar-refractivity contribution in [3.05, 3.63) is 116 Å². The van der Waals surface area contributed by atoms with Crippen LogP contribution < -0.4 is 0 Å².